The largest absolute Gasteiger partial charge is 0.396 e. The second kappa shape index (κ2) is 5.83. The van der Waals surface area contributed by atoms with Crippen molar-refractivity contribution in [3.05, 3.63) is 66.1 Å². The van der Waals surface area contributed by atoms with E-state index >= 15 is 0 Å². The summed E-state index contributed by atoms with van der Waals surface area (Å²) >= 11 is 0. The summed E-state index contributed by atoms with van der Waals surface area (Å²) in [6, 6.07) is 13.2. The van der Waals surface area contributed by atoms with E-state index in [4.69, 9.17) is 5.73 Å². The Morgan fingerprint density at radius 3 is 2.80 bits per heavy atom. The third-order valence-electron chi connectivity index (χ3n) is 4.07. The van der Waals surface area contributed by atoms with Gasteiger partial charge in [0.05, 0.1) is 11.2 Å². The van der Waals surface area contributed by atoms with E-state index in [1.54, 1.807) is 12.4 Å². The molecule has 3 N–H and O–H groups in total. The monoisotopic (exact) mass is 329 g/mol. The molecule has 1 amide bonds. The molecule has 2 aromatic carbocycles. The van der Waals surface area contributed by atoms with E-state index < -0.39 is 5.91 Å². The maximum Gasteiger partial charge on any atom is 0.278 e. The Bertz CT molecular complexity index is 1120. The van der Waals surface area contributed by atoms with Gasteiger partial charge in [-0.05, 0) is 42.1 Å². The van der Waals surface area contributed by atoms with Gasteiger partial charge in [0.1, 0.15) is 0 Å². The van der Waals surface area contributed by atoms with Gasteiger partial charge in [-0.2, -0.15) is 0 Å². The molecule has 0 fully saturated rings. The number of amides is 1. The number of carbonyl (C=O) groups excluding carboxylic acids is 1. The molecule has 0 aliphatic carbocycles. The van der Waals surface area contributed by atoms with Gasteiger partial charge in [0.15, 0.2) is 5.69 Å². The van der Waals surface area contributed by atoms with Crippen LogP contribution >= 0.6 is 0 Å². The van der Waals surface area contributed by atoms with E-state index in [9.17, 15) is 4.79 Å². The highest BCUT2D eigenvalue weighted by atomic mass is 16.1. The standard InChI is InChI=1S/C19H15N5O/c1-11-2-5-15-16(8-11)23-24-18(17(15)20)19(25)22-14-4-3-12-6-7-21-10-13(12)9-14/h2-10H,1H3,(H2,20,23)(H,22,25). The zero-order chi connectivity index (χ0) is 17.4. The predicted molar refractivity (Wildman–Crippen MR) is 98.4 cm³/mol. The van der Waals surface area contributed by atoms with Gasteiger partial charge in [-0.3, -0.25) is 9.78 Å². The van der Waals surface area contributed by atoms with Crippen LogP contribution in [-0.2, 0) is 0 Å². The molecule has 4 aromatic rings. The predicted octanol–water partition coefficient (Wildman–Crippen LogP) is 3.32. The van der Waals surface area contributed by atoms with Gasteiger partial charge in [-0.1, -0.05) is 18.2 Å². The Labute approximate surface area is 143 Å². The zero-order valence-corrected chi connectivity index (χ0v) is 13.5. The second-order valence-electron chi connectivity index (χ2n) is 5.87. The number of carbonyl (C=O) groups is 1. The molecule has 0 saturated heterocycles. The van der Waals surface area contributed by atoms with Crippen molar-refractivity contribution in [1.82, 2.24) is 15.2 Å². The molecule has 0 aliphatic rings. The molecule has 122 valence electrons. The van der Waals surface area contributed by atoms with Crippen molar-refractivity contribution in [1.29, 1.82) is 0 Å². The third kappa shape index (κ3) is 2.74. The van der Waals surface area contributed by atoms with Gasteiger partial charge in [0.2, 0.25) is 0 Å². The molecule has 6 heteroatoms. The molecule has 0 unspecified atom stereocenters. The molecule has 25 heavy (non-hydrogen) atoms. The maximum absolute atomic E-state index is 12.6. The summed E-state index contributed by atoms with van der Waals surface area (Å²) in [6.45, 7) is 1.96. The number of anilines is 2. The highest BCUT2D eigenvalue weighted by Crippen LogP contribution is 2.24. The number of benzene rings is 2. The van der Waals surface area contributed by atoms with Gasteiger partial charge >= 0.3 is 0 Å². The van der Waals surface area contributed by atoms with E-state index in [0.29, 0.717) is 22.3 Å². The summed E-state index contributed by atoms with van der Waals surface area (Å²) in [5.74, 6) is -0.393. The minimum absolute atomic E-state index is 0.114. The third-order valence-corrected chi connectivity index (χ3v) is 4.07. The van der Waals surface area contributed by atoms with Crippen molar-refractivity contribution in [2.75, 3.05) is 11.1 Å². The smallest absolute Gasteiger partial charge is 0.278 e. The molecule has 0 saturated carbocycles. The average molecular weight is 329 g/mol. The first-order chi connectivity index (χ1) is 12.1. The van der Waals surface area contributed by atoms with Gasteiger partial charge < -0.3 is 11.1 Å². The number of hydrogen-bond acceptors (Lipinski definition) is 5. The fraction of sp³-hybridized carbons (Fsp3) is 0.0526. The molecule has 6 nitrogen and oxygen atoms in total. The number of fused-ring (bicyclic) bond motifs is 2. The number of pyridine rings is 1. The van der Waals surface area contributed by atoms with Gasteiger partial charge in [0.25, 0.3) is 5.91 Å². The number of nitrogen functional groups attached to an aromatic ring is 1. The van der Waals surface area contributed by atoms with Crippen LogP contribution in [0.15, 0.2) is 54.9 Å². The van der Waals surface area contributed by atoms with Crippen LogP contribution in [-0.4, -0.2) is 21.1 Å². The topological polar surface area (TPSA) is 93.8 Å². The highest BCUT2D eigenvalue weighted by Gasteiger charge is 2.16. The molecular formula is C19H15N5O. The minimum Gasteiger partial charge on any atom is -0.396 e. The van der Waals surface area contributed by atoms with Crippen molar-refractivity contribution in [3.8, 4) is 0 Å². The molecule has 4 rings (SSSR count). The van der Waals surface area contributed by atoms with Crippen molar-refractivity contribution < 1.29 is 4.79 Å². The average Bonchev–Trinajstić information content (AvgIpc) is 2.61. The molecule has 0 aliphatic heterocycles. The number of rotatable bonds is 2. The second-order valence-corrected chi connectivity index (χ2v) is 5.87. The van der Waals surface area contributed by atoms with Crippen LogP contribution in [0, 0.1) is 6.92 Å². The summed E-state index contributed by atoms with van der Waals surface area (Å²) in [5, 5.41) is 13.6. The van der Waals surface area contributed by atoms with Crippen LogP contribution < -0.4 is 11.1 Å². The first kappa shape index (κ1) is 15.0. The molecule has 0 bridgehead atoms. The van der Waals surface area contributed by atoms with E-state index in [-0.39, 0.29) is 5.69 Å². The van der Waals surface area contributed by atoms with Crippen LogP contribution in [0.1, 0.15) is 16.1 Å². The fourth-order valence-electron chi connectivity index (χ4n) is 2.76. The van der Waals surface area contributed by atoms with Crippen LogP contribution in [0.3, 0.4) is 0 Å². The molecule has 0 atom stereocenters. The van der Waals surface area contributed by atoms with Crippen molar-refractivity contribution in [3.63, 3.8) is 0 Å². The van der Waals surface area contributed by atoms with E-state index in [1.165, 1.54) is 0 Å². The fourth-order valence-corrected chi connectivity index (χ4v) is 2.76. The van der Waals surface area contributed by atoms with Crippen molar-refractivity contribution in [2.45, 2.75) is 6.92 Å². The van der Waals surface area contributed by atoms with Gasteiger partial charge in [0, 0.05) is 28.9 Å². The van der Waals surface area contributed by atoms with Crippen LogP contribution in [0.25, 0.3) is 21.7 Å². The summed E-state index contributed by atoms with van der Waals surface area (Å²) in [4.78, 5) is 16.7. The lowest BCUT2D eigenvalue weighted by Gasteiger charge is -2.09. The minimum atomic E-state index is -0.393. The number of aromatic nitrogens is 3. The molecule has 2 aromatic heterocycles. The van der Waals surface area contributed by atoms with E-state index in [1.807, 2.05) is 49.4 Å². The highest BCUT2D eigenvalue weighted by molar-refractivity contribution is 6.10. The zero-order valence-electron chi connectivity index (χ0n) is 13.5. The van der Waals surface area contributed by atoms with E-state index in [2.05, 4.69) is 20.5 Å². The normalized spacial score (nSPS) is 10.9. The summed E-state index contributed by atoms with van der Waals surface area (Å²) in [5.41, 5.74) is 8.96. The lowest BCUT2D eigenvalue weighted by Crippen LogP contribution is -2.17. The summed E-state index contributed by atoms with van der Waals surface area (Å²) < 4.78 is 0. The summed E-state index contributed by atoms with van der Waals surface area (Å²) in [7, 11) is 0. The Morgan fingerprint density at radius 1 is 1.04 bits per heavy atom. The SMILES string of the molecule is Cc1ccc2c(N)c(C(=O)Nc3ccc4ccncc4c3)nnc2c1. The Hall–Kier alpha value is -3.54. The first-order valence-electron chi connectivity index (χ1n) is 7.79. The van der Waals surface area contributed by atoms with Gasteiger partial charge in [-0.25, -0.2) is 0 Å². The number of hydrogen-bond donors (Lipinski definition) is 2. The number of nitrogens with two attached hydrogens (primary N) is 1. The lowest BCUT2D eigenvalue weighted by molar-refractivity contribution is 0.102. The number of nitrogens with zero attached hydrogens (tertiary/aromatic N) is 3. The van der Waals surface area contributed by atoms with Crippen LogP contribution in [0.5, 0.6) is 0 Å². The van der Waals surface area contributed by atoms with E-state index in [0.717, 1.165) is 16.3 Å². The van der Waals surface area contributed by atoms with Crippen LogP contribution in [0.2, 0.25) is 0 Å². The van der Waals surface area contributed by atoms with Crippen molar-refractivity contribution >= 4 is 39.0 Å². The van der Waals surface area contributed by atoms with Crippen LogP contribution in [0.4, 0.5) is 11.4 Å². The Kier molecular flexibility index (Phi) is 3.50. The molecule has 0 radical (unpaired) electrons. The molecule has 0 spiro atoms. The maximum atomic E-state index is 12.6. The first-order valence-corrected chi connectivity index (χ1v) is 7.79. The molecular weight excluding hydrogens is 314 g/mol. The summed E-state index contributed by atoms with van der Waals surface area (Å²) in [6.07, 6.45) is 3.48. The molecule has 2 heterocycles. The quantitative estimate of drug-likeness (QED) is 0.588. The number of nitrogens with one attached hydrogen (secondary N) is 1. The van der Waals surface area contributed by atoms with Crippen molar-refractivity contribution in [2.24, 2.45) is 0 Å². The number of aryl methyl sites for hydroxylation is 1. The Morgan fingerprint density at radius 2 is 1.92 bits per heavy atom. The van der Waals surface area contributed by atoms with Gasteiger partial charge in [-0.15, -0.1) is 10.2 Å². The Balaban J connectivity index is 1.69. The lowest BCUT2D eigenvalue weighted by atomic mass is 10.1.